The average Bonchev–Trinajstić information content (AvgIpc) is 2.53. The van der Waals surface area contributed by atoms with Crippen LogP contribution in [0.5, 0.6) is 0 Å². The zero-order valence-corrected chi connectivity index (χ0v) is 12.7. The van der Waals surface area contributed by atoms with Crippen molar-refractivity contribution < 1.29 is 9.59 Å². The van der Waals surface area contributed by atoms with Crippen molar-refractivity contribution in [3.63, 3.8) is 0 Å². The normalized spacial score (nSPS) is 13.9. The summed E-state index contributed by atoms with van der Waals surface area (Å²) in [5, 5.41) is 0. The molecule has 0 fully saturated rings. The number of fused-ring (bicyclic) bond motifs is 1. The first-order valence-electron chi connectivity index (χ1n) is 7.63. The lowest BCUT2D eigenvalue weighted by molar-refractivity contribution is -0.118. The highest BCUT2D eigenvalue weighted by Crippen LogP contribution is 2.27. The molecule has 2 aromatic rings. The van der Waals surface area contributed by atoms with Gasteiger partial charge in [0.25, 0.3) is 0 Å². The fourth-order valence-electron chi connectivity index (χ4n) is 2.93. The highest BCUT2D eigenvalue weighted by Gasteiger charge is 2.26. The van der Waals surface area contributed by atoms with Gasteiger partial charge in [0.05, 0.1) is 5.69 Å². The van der Waals surface area contributed by atoms with Crippen LogP contribution in [-0.2, 0) is 11.2 Å². The van der Waals surface area contributed by atoms with Crippen LogP contribution < -0.4 is 4.90 Å². The van der Waals surface area contributed by atoms with E-state index >= 15 is 0 Å². The van der Waals surface area contributed by atoms with Crippen molar-refractivity contribution in [1.82, 2.24) is 0 Å². The number of benzene rings is 2. The van der Waals surface area contributed by atoms with E-state index in [4.69, 9.17) is 0 Å². The van der Waals surface area contributed by atoms with Crippen molar-refractivity contribution in [2.45, 2.75) is 26.2 Å². The van der Waals surface area contributed by atoms with Crippen molar-refractivity contribution >= 4 is 17.4 Å². The molecular formula is C19H19NO2. The average molecular weight is 293 g/mol. The maximum Gasteiger partial charge on any atom is 0.227 e. The van der Waals surface area contributed by atoms with Gasteiger partial charge in [0.1, 0.15) is 0 Å². The summed E-state index contributed by atoms with van der Waals surface area (Å²) in [7, 11) is 0. The fraction of sp³-hybridized carbons (Fsp3) is 0.263. The zero-order valence-electron chi connectivity index (χ0n) is 12.7. The van der Waals surface area contributed by atoms with E-state index in [2.05, 4.69) is 19.1 Å². The zero-order chi connectivity index (χ0) is 15.5. The van der Waals surface area contributed by atoms with Crippen LogP contribution in [-0.4, -0.2) is 18.2 Å². The summed E-state index contributed by atoms with van der Waals surface area (Å²) in [6.07, 6.45) is 1.60. The van der Waals surface area contributed by atoms with Gasteiger partial charge in [0.2, 0.25) is 5.91 Å². The lowest BCUT2D eigenvalue weighted by Gasteiger charge is -2.28. The molecule has 0 N–H and O–H groups in total. The largest absolute Gasteiger partial charge is 0.311 e. The molecule has 1 aliphatic rings. The lowest BCUT2D eigenvalue weighted by Crippen LogP contribution is -2.37. The van der Waals surface area contributed by atoms with Crippen molar-refractivity contribution in [1.29, 1.82) is 0 Å². The number of para-hydroxylation sites is 1. The van der Waals surface area contributed by atoms with Crippen LogP contribution in [0, 0.1) is 6.92 Å². The van der Waals surface area contributed by atoms with Gasteiger partial charge in [-0.15, -0.1) is 0 Å². The number of carbonyl (C=O) groups excluding carboxylic acids is 2. The Balaban J connectivity index is 1.73. The Hall–Kier alpha value is -2.42. The Kier molecular flexibility index (Phi) is 4.05. The Morgan fingerprint density at radius 1 is 1.14 bits per heavy atom. The minimum absolute atomic E-state index is 0.0847. The molecule has 0 saturated heterocycles. The summed E-state index contributed by atoms with van der Waals surface area (Å²) in [6, 6.07) is 15.6. The number of carbonyl (C=O) groups is 2. The quantitative estimate of drug-likeness (QED) is 0.868. The number of hydrogen-bond acceptors (Lipinski definition) is 2. The Morgan fingerprint density at radius 3 is 2.77 bits per heavy atom. The summed E-state index contributed by atoms with van der Waals surface area (Å²) in [5.74, 6) is 0.208. The summed E-state index contributed by atoms with van der Waals surface area (Å²) < 4.78 is 0. The maximum absolute atomic E-state index is 12.5. The number of rotatable bonds is 3. The van der Waals surface area contributed by atoms with Crippen LogP contribution in [0.15, 0.2) is 48.5 Å². The molecule has 0 aliphatic carbocycles. The molecule has 3 nitrogen and oxygen atoms in total. The smallest absolute Gasteiger partial charge is 0.227 e. The van der Waals surface area contributed by atoms with E-state index in [9.17, 15) is 9.59 Å². The van der Waals surface area contributed by atoms with Crippen molar-refractivity contribution in [2.75, 3.05) is 11.4 Å². The predicted octanol–water partition coefficient (Wildman–Crippen LogP) is 3.55. The highest BCUT2D eigenvalue weighted by atomic mass is 16.2. The first kappa shape index (κ1) is 14.5. The van der Waals surface area contributed by atoms with Crippen LogP contribution >= 0.6 is 0 Å². The van der Waals surface area contributed by atoms with E-state index in [1.807, 2.05) is 30.3 Å². The third-order valence-electron chi connectivity index (χ3n) is 4.07. The lowest BCUT2D eigenvalue weighted by atomic mass is 9.99. The molecule has 0 atom stereocenters. The Bertz CT molecular complexity index is 721. The number of Topliss-reactive ketones (excluding diaryl/α,β-unsaturated/α-hetero) is 1. The van der Waals surface area contributed by atoms with Gasteiger partial charge in [-0.25, -0.2) is 0 Å². The molecule has 112 valence electrons. The van der Waals surface area contributed by atoms with Crippen molar-refractivity contribution in [3.05, 3.63) is 65.2 Å². The third-order valence-corrected chi connectivity index (χ3v) is 4.07. The number of anilines is 1. The van der Waals surface area contributed by atoms with Crippen LogP contribution in [0.2, 0.25) is 0 Å². The van der Waals surface area contributed by atoms with E-state index in [-0.39, 0.29) is 11.7 Å². The number of nitrogens with zero attached hydrogens (tertiary/aromatic N) is 1. The fourth-order valence-corrected chi connectivity index (χ4v) is 2.93. The second kappa shape index (κ2) is 6.14. The highest BCUT2D eigenvalue weighted by molar-refractivity contribution is 6.08. The molecule has 3 rings (SSSR count). The maximum atomic E-state index is 12.5. The van der Waals surface area contributed by atoms with E-state index in [0.29, 0.717) is 24.9 Å². The molecule has 0 saturated carbocycles. The third kappa shape index (κ3) is 2.93. The van der Waals surface area contributed by atoms with Crippen molar-refractivity contribution in [3.8, 4) is 0 Å². The van der Waals surface area contributed by atoms with Gasteiger partial charge in [0.15, 0.2) is 5.78 Å². The van der Waals surface area contributed by atoms with Gasteiger partial charge in [-0.2, -0.15) is 0 Å². The van der Waals surface area contributed by atoms with Crippen LogP contribution in [0.1, 0.15) is 34.3 Å². The van der Waals surface area contributed by atoms with E-state index in [1.54, 1.807) is 11.0 Å². The Morgan fingerprint density at radius 2 is 1.95 bits per heavy atom. The molecule has 1 aliphatic heterocycles. The molecule has 0 radical (unpaired) electrons. The molecule has 0 spiro atoms. The number of ketones is 1. The Labute approximate surface area is 130 Å². The minimum atomic E-state index is 0.0847. The van der Waals surface area contributed by atoms with Gasteiger partial charge in [-0.3, -0.25) is 9.59 Å². The van der Waals surface area contributed by atoms with Gasteiger partial charge >= 0.3 is 0 Å². The first-order chi connectivity index (χ1) is 10.6. The molecule has 0 aromatic heterocycles. The molecule has 2 aromatic carbocycles. The predicted molar refractivity (Wildman–Crippen MR) is 87.2 cm³/mol. The molecule has 0 unspecified atom stereocenters. The van der Waals surface area contributed by atoms with E-state index < -0.39 is 0 Å². The number of amides is 1. The molecule has 1 heterocycles. The van der Waals surface area contributed by atoms with E-state index in [0.717, 1.165) is 12.1 Å². The van der Waals surface area contributed by atoms with E-state index in [1.165, 1.54) is 11.1 Å². The second-order valence-electron chi connectivity index (χ2n) is 5.72. The minimum Gasteiger partial charge on any atom is -0.311 e. The monoisotopic (exact) mass is 293 g/mol. The summed E-state index contributed by atoms with van der Waals surface area (Å²) >= 11 is 0. The van der Waals surface area contributed by atoms with Crippen LogP contribution in [0.4, 0.5) is 5.69 Å². The summed E-state index contributed by atoms with van der Waals surface area (Å²) in [6.45, 7) is 2.54. The second-order valence-corrected chi connectivity index (χ2v) is 5.72. The van der Waals surface area contributed by atoms with Gasteiger partial charge in [0, 0.05) is 24.9 Å². The van der Waals surface area contributed by atoms with Gasteiger partial charge < -0.3 is 4.90 Å². The molecule has 3 heteroatoms. The molecule has 0 bridgehead atoms. The SMILES string of the molecule is Cc1cccc(CCC(=O)N2CCC(=O)c3ccccc32)c1. The topological polar surface area (TPSA) is 37.4 Å². The number of aryl methyl sites for hydroxylation is 2. The molecular weight excluding hydrogens is 274 g/mol. The summed E-state index contributed by atoms with van der Waals surface area (Å²) in [4.78, 5) is 26.2. The molecule has 22 heavy (non-hydrogen) atoms. The van der Waals surface area contributed by atoms with Crippen molar-refractivity contribution in [2.24, 2.45) is 0 Å². The number of hydrogen-bond donors (Lipinski definition) is 0. The summed E-state index contributed by atoms with van der Waals surface area (Å²) in [5.41, 5.74) is 3.80. The van der Waals surface area contributed by atoms with Crippen LogP contribution in [0.3, 0.4) is 0 Å². The van der Waals surface area contributed by atoms with Gasteiger partial charge in [-0.1, -0.05) is 42.0 Å². The van der Waals surface area contributed by atoms with Crippen LogP contribution in [0.25, 0.3) is 0 Å². The van der Waals surface area contributed by atoms with Gasteiger partial charge in [-0.05, 0) is 31.0 Å². The first-order valence-corrected chi connectivity index (χ1v) is 7.63. The molecule has 1 amide bonds. The standard InChI is InChI=1S/C19H19NO2/c1-14-5-4-6-15(13-14)9-10-19(22)20-12-11-18(21)16-7-2-3-8-17(16)20/h2-8,13H,9-12H2,1H3.